The van der Waals surface area contributed by atoms with Crippen LogP contribution in [0.3, 0.4) is 0 Å². The van der Waals surface area contributed by atoms with E-state index in [2.05, 4.69) is 25.2 Å². The summed E-state index contributed by atoms with van der Waals surface area (Å²) in [4.78, 5) is 28.7. The maximum absolute atomic E-state index is 12.6. The monoisotopic (exact) mass is 398 g/mol. The molecule has 0 spiro atoms. The third-order valence-corrected chi connectivity index (χ3v) is 5.46. The smallest absolute Gasteiger partial charge is 0.321 e. The molecule has 0 radical (unpaired) electrons. The van der Waals surface area contributed by atoms with Gasteiger partial charge in [-0.3, -0.25) is 0 Å². The van der Waals surface area contributed by atoms with E-state index in [1.165, 1.54) is 0 Å². The quantitative estimate of drug-likeness (QED) is 0.704. The number of aryl methyl sites for hydroxylation is 1. The Hall–Kier alpha value is -2.64. The number of aromatic amines is 1. The van der Waals surface area contributed by atoms with Gasteiger partial charge in [-0.15, -0.1) is 0 Å². The van der Waals surface area contributed by atoms with Crippen LogP contribution in [-0.2, 0) is 0 Å². The molecule has 2 amide bonds. The predicted octanol–water partition coefficient (Wildman–Crippen LogP) is 3.75. The zero-order valence-electron chi connectivity index (χ0n) is 16.2. The van der Waals surface area contributed by atoms with Crippen LogP contribution < -0.4 is 5.32 Å². The molecule has 3 aromatic rings. The molecule has 2 N–H and O–H groups in total. The van der Waals surface area contributed by atoms with E-state index in [9.17, 15) is 4.79 Å². The van der Waals surface area contributed by atoms with Crippen molar-refractivity contribution in [2.24, 2.45) is 0 Å². The summed E-state index contributed by atoms with van der Waals surface area (Å²) >= 11 is 6.40. The molecular formula is C20H23ClN6O. The number of benzene rings is 1. The van der Waals surface area contributed by atoms with Gasteiger partial charge in [-0.05, 0) is 57.3 Å². The number of hydrogen-bond acceptors (Lipinski definition) is 4. The van der Waals surface area contributed by atoms with Crippen LogP contribution in [0.5, 0.6) is 0 Å². The number of likely N-dealkylation sites (N-methyl/N-ethyl adjacent to an activating group) is 1. The van der Waals surface area contributed by atoms with Crippen molar-refractivity contribution >= 4 is 34.5 Å². The van der Waals surface area contributed by atoms with Crippen molar-refractivity contribution in [3.05, 3.63) is 41.0 Å². The number of carbonyl (C=O) groups is 1. The maximum Gasteiger partial charge on any atom is 0.321 e. The Kier molecular flexibility index (Phi) is 4.95. The lowest BCUT2D eigenvalue weighted by Gasteiger charge is -2.21. The minimum Gasteiger partial charge on any atom is -0.337 e. The third-order valence-electron chi connectivity index (χ3n) is 5.13. The lowest BCUT2D eigenvalue weighted by Crippen LogP contribution is -2.36. The lowest BCUT2D eigenvalue weighted by molar-refractivity contribution is 0.216. The van der Waals surface area contributed by atoms with E-state index in [1.54, 1.807) is 18.3 Å². The summed E-state index contributed by atoms with van der Waals surface area (Å²) in [6, 6.07) is 7.70. The van der Waals surface area contributed by atoms with Crippen molar-refractivity contribution in [2.45, 2.75) is 19.4 Å². The van der Waals surface area contributed by atoms with Gasteiger partial charge in [-0.25, -0.2) is 14.8 Å². The van der Waals surface area contributed by atoms with E-state index < -0.39 is 0 Å². The number of rotatable bonds is 3. The van der Waals surface area contributed by atoms with Crippen molar-refractivity contribution in [3.8, 4) is 11.4 Å². The SMILES string of the molecule is Cc1cnc2nc(-c3cc(NC(=O)N4CCC(N(C)C)C4)ccc3Cl)[nH]c2c1. The van der Waals surface area contributed by atoms with E-state index in [-0.39, 0.29) is 6.03 Å². The van der Waals surface area contributed by atoms with Crippen LogP contribution in [0.1, 0.15) is 12.0 Å². The molecule has 1 fully saturated rings. The Balaban J connectivity index is 1.56. The van der Waals surface area contributed by atoms with E-state index in [0.29, 0.717) is 28.2 Å². The second-order valence-corrected chi connectivity index (χ2v) is 7.85. The first-order chi connectivity index (χ1) is 13.4. The number of nitrogens with zero attached hydrogens (tertiary/aromatic N) is 4. The minimum atomic E-state index is -0.0977. The van der Waals surface area contributed by atoms with Crippen LogP contribution in [0.2, 0.25) is 5.02 Å². The Morgan fingerprint density at radius 1 is 1.36 bits per heavy atom. The summed E-state index contributed by atoms with van der Waals surface area (Å²) in [5.41, 5.74) is 3.95. The van der Waals surface area contributed by atoms with Crippen LogP contribution >= 0.6 is 11.6 Å². The zero-order chi connectivity index (χ0) is 19.8. The van der Waals surface area contributed by atoms with Gasteiger partial charge < -0.3 is 20.1 Å². The molecular weight excluding hydrogens is 376 g/mol. The highest BCUT2D eigenvalue weighted by Gasteiger charge is 2.27. The van der Waals surface area contributed by atoms with E-state index in [0.717, 1.165) is 36.2 Å². The van der Waals surface area contributed by atoms with Crippen LogP contribution in [0, 0.1) is 6.92 Å². The van der Waals surface area contributed by atoms with Gasteiger partial charge in [-0.1, -0.05) is 11.6 Å². The molecule has 1 aliphatic heterocycles. The first kappa shape index (κ1) is 18.7. The fraction of sp³-hybridized carbons (Fsp3) is 0.350. The van der Waals surface area contributed by atoms with Crippen molar-refractivity contribution in [1.82, 2.24) is 24.8 Å². The Bertz CT molecular complexity index is 1030. The molecule has 7 nitrogen and oxygen atoms in total. The van der Waals surface area contributed by atoms with E-state index >= 15 is 0 Å². The lowest BCUT2D eigenvalue weighted by atomic mass is 10.2. The summed E-state index contributed by atoms with van der Waals surface area (Å²) in [5.74, 6) is 0.628. The van der Waals surface area contributed by atoms with Gasteiger partial charge in [0.05, 0.1) is 10.5 Å². The number of anilines is 1. The van der Waals surface area contributed by atoms with Gasteiger partial charge in [0.25, 0.3) is 0 Å². The number of hydrogen-bond donors (Lipinski definition) is 2. The second-order valence-electron chi connectivity index (χ2n) is 7.45. The summed E-state index contributed by atoms with van der Waals surface area (Å²) in [6.45, 7) is 3.47. The predicted molar refractivity (Wildman–Crippen MR) is 112 cm³/mol. The number of fused-ring (bicyclic) bond motifs is 1. The largest absolute Gasteiger partial charge is 0.337 e. The highest BCUT2D eigenvalue weighted by atomic mass is 35.5. The van der Waals surface area contributed by atoms with E-state index in [1.807, 2.05) is 38.1 Å². The first-order valence-electron chi connectivity index (χ1n) is 9.25. The molecule has 1 unspecified atom stereocenters. The molecule has 0 aliphatic carbocycles. The van der Waals surface area contributed by atoms with E-state index in [4.69, 9.17) is 11.6 Å². The Labute approximate surface area is 168 Å². The summed E-state index contributed by atoms with van der Waals surface area (Å²) < 4.78 is 0. The molecule has 2 aromatic heterocycles. The maximum atomic E-state index is 12.6. The molecule has 1 aliphatic rings. The number of likely N-dealkylation sites (tertiary alicyclic amines) is 1. The standard InChI is InChI=1S/C20H23ClN6O/c1-12-8-17-19(22-10-12)25-18(24-17)15-9-13(4-5-16(15)21)23-20(28)27-7-6-14(11-27)26(2)3/h4-5,8-10,14H,6-7,11H2,1-3H3,(H,23,28)(H,22,24,25). The topological polar surface area (TPSA) is 77.2 Å². The number of carbonyl (C=O) groups excluding carboxylic acids is 1. The highest BCUT2D eigenvalue weighted by molar-refractivity contribution is 6.33. The van der Waals surface area contributed by atoms with Crippen LogP contribution in [0.25, 0.3) is 22.6 Å². The molecule has 8 heteroatoms. The number of nitrogens with one attached hydrogen (secondary N) is 2. The normalized spacial score (nSPS) is 16.9. The fourth-order valence-electron chi connectivity index (χ4n) is 3.47. The number of halogens is 1. The van der Waals surface area contributed by atoms with Gasteiger partial charge in [-0.2, -0.15) is 0 Å². The Morgan fingerprint density at radius 2 is 2.18 bits per heavy atom. The van der Waals surface area contributed by atoms with Gasteiger partial charge >= 0.3 is 6.03 Å². The summed E-state index contributed by atoms with van der Waals surface area (Å²) in [6.07, 6.45) is 2.76. The molecule has 0 saturated carbocycles. The minimum absolute atomic E-state index is 0.0977. The molecule has 146 valence electrons. The molecule has 28 heavy (non-hydrogen) atoms. The van der Waals surface area contributed by atoms with Crippen LogP contribution in [0.4, 0.5) is 10.5 Å². The van der Waals surface area contributed by atoms with Crippen molar-refractivity contribution < 1.29 is 4.79 Å². The Morgan fingerprint density at radius 3 is 2.93 bits per heavy atom. The molecule has 3 heterocycles. The van der Waals surface area contributed by atoms with Crippen molar-refractivity contribution in [2.75, 3.05) is 32.5 Å². The summed E-state index contributed by atoms with van der Waals surface area (Å²) in [5, 5.41) is 3.53. The average Bonchev–Trinajstić information content (AvgIpc) is 3.30. The number of amides is 2. The van der Waals surface area contributed by atoms with Gasteiger partial charge in [0.1, 0.15) is 5.82 Å². The summed E-state index contributed by atoms with van der Waals surface area (Å²) in [7, 11) is 4.09. The number of pyridine rings is 1. The number of urea groups is 1. The second kappa shape index (κ2) is 7.41. The molecule has 1 aromatic carbocycles. The third kappa shape index (κ3) is 3.68. The van der Waals surface area contributed by atoms with Crippen LogP contribution in [0.15, 0.2) is 30.5 Å². The first-order valence-corrected chi connectivity index (χ1v) is 9.63. The van der Waals surface area contributed by atoms with Crippen molar-refractivity contribution in [3.63, 3.8) is 0 Å². The fourth-order valence-corrected chi connectivity index (χ4v) is 3.67. The van der Waals surface area contributed by atoms with Gasteiger partial charge in [0.15, 0.2) is 5.65 Å². The number of aromatic nitrogens is 3. The van der Waals surface area contributed by atoms with Gasteiger partial charge in [0.2, 0.25) is 0 Å². The van der Waals surface area contributed by atoms with Gasteiger partial charge in [0, 0.05) is 36.6 Å². The highest BCUT2D eigenvalue weighted by Crippen LogP contribution is 2.30. The van der Waals surface area contributed by atoms with Crippen LogP contribution in [-0.4, -0.2) is 64.0 Å². The molecule has 4 rings (SSSR count). The zero-order valence-corrected chi connectivity index (χ0v) is 16.9. The number of imidazole rings is 1. The number of H-pyrrole nitrogens is 1. The van der Waals surface area contributed by atoms with Crippen molar-refractivity contribution in [1.29, 1.82) is 0 Å². The molecule has 1 atom stereocenters. The average molecular weight is 399 g/mol. The molecule has 0 bridgehead atoms. The molecule has 1 saturated heterocycles.